The fourth-order valence-corrected chi connectivity index (χ4v) is 2.83. The number of fused-ring (bicyclic) bond motifs is 2. The van der Waals surface area contributed by atoms with Gasteiger partial charge in [-0.15, -0.1) is 0 Å². The molecule has 2 bridgehead atoms. The number of hydrogen-bond donors (Lipinski definition) is 1. The molecule has 2 rings (SSSR count). The third kappa shape index (κ3) is 1.19. The maximum Gasteiger partial charge on any atom is 0.307 e. The number of carboxylic acids is 1. The van der Waals surface area contributed by atoms with Crippen LogP contribution in [0.4, 0.5) is 0 Å². The zero-order valence-electron chi connectivity index (χ0n) is 8.14. The maximum absolute atomic E-state index is 11.6. The Labute approximate surface area is 82.8 Å². The van der Waals surface area contributed by atoms with Crippen LogP contribution in [0.3, 0.4) is 0 Å². The van der Waals surface area contributed by atoms with Gasteiger partial charge in [-0.3, -0.25) is 9.59 Å². The van der Waals surface area contributed by atoms with Gasteiger partial charge in [-0.1, -0.05) is 19.1 Å². The Morgan fingerprint density at radius 2 is 1.86 bits per heavy atom. The number of hydrogen-bond acceptors (Lipinski definition) is 2. The average molecular weight is 194 g/mol. The second-order valence-electron chi connectivity index (χ2n) is 4.16. The predicted molar refractivity (Wildman–Crippen MR) is 50.7 cm³/mol. The number of Topliss-reactive ketones (excluding diaryl/α,β-unsaturated/α-hetero) is 1. The number of aliphatic carboxylic acids is 1. The van der Waals surface area contributed by atoms with Crippen LogP contribution in [0.5, 0.6) is 0 Å². The smallest absolute Gasteiger partial charge is 0.307 e. The van der Waals surface area contributed by atoms with Crippen LogP contribution < -0.4 is 0 Å². The lowest BCUT2D eigenvalue weighted by Gasteiger charge is -2.22. The van der Waals surface area contributed by atoms with Crippen molar-refractivity contribution in [1.29, 1.82) is 0 Å². The van der Waals surface area contributed by atoms with E-state index in [1.807, 2.05) is 12.2 Å². The number of carbonyl (C=O) groups is 2. The fourth-order valence-electron chi connectivity index (χ4n) is 2.83. The molecule has 0 radical (unpaired) electrons. The molecule has 3 heteroatoms. The summed E-state index contributed by atoms with van der Waals surface area (Å²) < 4.78 is 0. The van der Waals surface area contributed by atoms with Crippen molar-refractivity contribution in [1.82, 2.24) is 0 Å². The molecule has 2 aliphatic rings. The summed E-state index contributed by atoms with van der Waals surface area (Å²) in [5.74, 6) is -1.14. The van der Waals surface area contributed by atoms with Crippen LogP contribution in [-0.4, -0.2) is 16.9 Å². The van der Waals surface area contributed by atoms with Gasteiger partial charge in [0, 0.05) is 12.3 Å². The summed E-state index contributed by atoms with van der Waals surface area (Å²) in [6, 6.07) is 0. The minimum absolute atomic E-state index is 0.0954. The molecule has 1 unspecified atom stereocenters. The minimum atomic E-state index is -0.811. The number of carboxylic acid groups (broad SMARTS) is 1. The third-order valence-electron chi connectivity index (χ3n) is 3.46. The molecule has 14 heavy (non-hydrogen) atoms. The van der Waals surface area contributed by atoms with E-state index in [2.05, 4.69) is 0 Å². The fraction of sp³-hybridized carbons (Fsp3) is 0.636. The lowest BCUT2D eigenvalue weighted by atomic mass is 9.80. The molecule has 0 aromatic heterocycles. The summed E-state index contributed by atoms with van der Waals surface area (Å²) in [5.41, 5.74) is 0. The van der Waals surface area contributed by atoms with Gasteiger partial charge in [-0.2, -0.15) is 0 Å². The van der Waals surface area contributed by atoms with Crippen LogP contribution >= 0.6 is 0 Å². The van der Waals surface area contributed by atoms with Gasteiger partial charge in [-0.25, -0.2) is 0 Å². The topological polar surface area (TPSA) is 54.4 Å². The molecule has 2 aliphatic carbocycles. The Balaban J connectivity index is 2.26. The Morgan fingerprint density at radius 3 is 2.36 bits per heavy atom. The average Bonchev–Trinajstić information content (AvgIpc) is 2.74. The molecule has 0 saturated heterocycles. The first-order valence-corrected chi connectivity index (χ1v) is 5.09. The molecule has 1 saturated carbocycles. The van der Waals surface area contributed by atoms with Crippen LogP contribution in [0, 0.1) is 23.7 Å². The van der Waals surface area contributed by atoms with Gasteiger partial charge < -0.3 is 5.11 Å². The van der Waals surface area contributed by atoms with Gasteiger partial charge in [-0.05, 0) is 18.3 Å². The molecule has 3 nitrogen and oxygen atoms in total. The molecule has 0 aromatic carbocycles. The van der Waals surface area contributed by atoms with Crippen LogP contribution in [0.25, 0.3) is 0 Å². The standard InChI is InChI=1S/C11H14O3/c1-2-8(12)9-6-3-4-7(5-6)10(9)11(13)14/h3-4,6-7,9-10H,2,5H2,1H3,(H,13,14)/t6-,7+,9?,10+/m0/s1. The van der Waals surface area contributed by atoms with Crippen molar-refractivity contribution < 1.29 is 14.7 Å². The van der Waals surface area contributed by atoms with E-state index in [-0.39, 0.29) is 23.5 Å². The van der Waals surface area contributed by atoms with Crippen molar-refractivity contribution in [2.75, 3.05) is 0 Å². The molecular weight excluding hydrogens is 180 g/mol. The molecule has 0 aliphatic heterocycles. The largest absolute Gasteiger partial charge is 0.481 e. The van der Waals surface area contributed by atoms with E-state index in [0.717, 1.165) is 6.42 Å². The second-order valence-corrected chi connectivity index (χ2v) is 4.16. The van der Waals surface area contributed by atoms with Gasteiger partial charge in [0.05, 0.1) is 5.92 Å². The Hall–Kier alpha value is -1.12. The molecule has 0 heterocycles. The van der Waals surface area contributed by atoms with Gasteiger partial charge in [0.25, 0.3) is 0 Å². The van der Waals surface area contributed by atoms with Crippen molar-refractivity contribution in [2.24, 2.45) is 23.7 Å². The SMILES string of the molecule is CCC(=O)C1[C@H]2C=C[C@H](C2)[C@H]1C(=O)O. The summed E-state index contributed by atoms with van der Waals surface area (Å²) in [6.07, 6.45) is 5.28. The molecule has 1 N–H and O–H groups in total. The van der Waals surface area contributed by atoms with Crippen LogP contribution in [0.2, 0.25) is 0 Å². The molecule has 0 amide bonds. The molecule has 0 aromatic rings. The van der Waals surface area contributed by atoms with Crippen LogP contribution in [0.15, 0.2) is 12.2 Å². The van der Waals surface area contributed by atoms with Crippen LogP contribution in [0.1, 0.15) is 19.8 Å². The number of rotatable bonds is 3. The van der Waals surface area contributed by atoms with E-state index < -0.39 is 11.9 Å². The van der Waals surface area contributed by atoms with Gasteiger partial charge in [0.1, 0.15) is 5.78 Å². The van der Waals surface area contributed by atoms with E-state index in [1.165, 1.54) is 0 Å². The van der Waals surface area contributed by atoms with E-state index in [0.29, 0.717) is 6.42 Å². The minimum Gasteiger partial charge on any atom is -0.481 e. The Bertz CT molecular complexity index is 306. The van der Waals surface area contributed by atoms with E-state index in [9.17, 15) is 9.59 Å². The zero-order valence-corrected chi connectivity index (χ0v) is 8.14. The molecule has 4 atom stereocenters. The molecular formula is C11H14O3. The van der Waals surface area contributed by atoms with Crippen molar-refractivity contribution in [3.63, 3.8) is 0 Å². The van der Waals surface area contributed by atoms with Gasteiger partial charge in [0.15, 0.2) is 0 Å². The molecule has 0 spiro atoms. The number of carbonyl (C=O) groups excluding carboxylic acids is 1. The second kappa shape index (κ2) is 3.23. The summed E-state index contributed by atoms with van der Waals surface area (Å²) in [6.45, 7) is 1.80. The first-order valence-electron chi connectivity index (χ1n) is 5.09. The monoisotopic (exact) mass is 194 g/mol. The number of allylic oxidation sites excluding steroid dienone is 2. The molecule has 76 valence electrons. The lowest BCUT2D eigenvalue weighted by Crippen LogP contribution is -2.32. The van der Waals surface area contributed by atoms with Crippen LogP contribution in [-0.2, 0) is 9.59 Å². The number of ketones is 1. The van der Waals surface area contributed by atoms with E-state index in [1.54, 1.807) is 6.92 Å². The summed E-state index contributed by atoms with van der Waals surface area (Å²) in [5, 5.41) is 9.06. The first-order chi connectivity index (χ1) is 6.65. The highest BCUT2D eigenvalue weighted by molar-refractivity contribution is 5.88. The normalized spacial score (nSPS) is 38.9. The van der Waals surface area contributed by atoms with E-state index >= 15 is 0 Å². The highest BCUT2D eigenvalue weighted by atomic mass is 16.4. The maximum atomic E-state index is 11.6. The first kappa shape index (κ1) is 9.44. The highest BCUT2D eigenvalue weighted by Crippen LogP contribution is 2.48. The zero-order chi connectivity index (χ0) is 10.3. The summed E-state index contributed by atoms with van der Waals surface area (Å²) in [4.78, 5) is 22.7. The van der Waals surface area contributed by atoms with Crippen molar-refractivity contribution in [2.45, 2.75) is 19.8 Å². The van der Waals surface area contributed by atoms with Gasteiger partial charge >= 0.3 is 5.97 Å². The van der Waals surface area contributed by atoms with Crippen molar-refractivity contribution in [3.8, 4) is 0 Å². The lowest BCUT2D eigenvalue weighted by molar-refractivity contribution is -0.147. The Kier molecular flexibility index (Phi) is 2.17. The predicted octanol–water partition coefficient (Wildman–Crippen LogP) is 1.49. The van der Waals surface area contributed by atoms with Crippen molar-refractivity contribution >= 4 is 11.8 Å². The summed E-state index contributed by atoms with van der Waals surface area (Å²) in [7, 11) is 0. The molecule has 1 fully saturated rings. The Morgan fingerprint density at radius 1 is 1.29 bits per heavy atom. The van der Waals surface area contributed by atoms with Gasteiger partial charge in [0.2, 0.25) is 0 Å². The van der Waals surface area contributed by atoms with Crippen molar-refractivity contribution in [3.05, 3.63) is 12.2 Å². The highest BCUT2D eigenvalue weighted by Gasteiger charge is 2.50. The van der Waals surface area contributed by atoms with E-state index in [4.69, 9.17) is 5.11 Å². The quantitative estimate of drug-likeness (QED) is 0.692. The third-order valence-corrected chi connectivity index (χ3v) is 3.46. The summed E-state index contributed by atoms with van der Waals surface area (Å²) >= 11 is 0.